The third-order valence-corrected chi connectivity index (χ3v) is 2.33. The summed E-state index contributed by atoms with van der Waals surface area (Å²) in [5, 5.41) is 2.90. The van der Waals surface area contributed by atoms with Gasteiger partial charge in [0.25, 0.3) is 0 Å². The van der Waals surface area contributed by atoms with Crippen LogP contribution >= 0.6 is 11.6 Å². The Balaban J connectivity index is 2.81. The summed E-state index contributed by atoms with van der Waals surface area (Å²) in [6.07, 6.45) is 0. The van der Waals surface area contributed by atoms with Crippen molar-refractivity contribution in [3.05, 3.63) is 5.28 Å². The second-order valence-electron chi connectivity index (χ2n) is 4.68. The smallest absolute Gasteiger partial charge is 0.239 e. The fraction of sp³-hybridized carbons (Fsp3) is 0.636. The van der Waals surface area contributed by atoms with Gasteiger partial charge < -0.3 is 15.1 Å². The maximum Gasteiger partial charge on any atom is 0.239 e. The van der Waals surface area contributed by atoms with E-state index >= 15 is 0 Å². The van der Waals surface area contributed by atoms with Crippen LogP contribution in [0.3, 0.4) is 0 Å². The van der Waals surface area contributed by atoms with Crippen molar-refractivity contribution in [1.29, 1.82) is 0 Å². The lowest BCUT2D eigenvalue weighted by Gasteiger charge is -2.19. The molecule has 1 amide bonds. The molecule has 0 aliphatic rings. The van der Waals surface area contributed by atoms with Crippen molar-refractivity contribution in [2.45, 2.75) is 19.9 Å². The Hall–Kier alpha value is -1.63. The van der Waals surface area contributed by atoms with E-state index in [-0.39, 0.29) is 23.8 Å². The SMILES string of the molecule is CC(C)NC(=O)CN(C)c1nc(Cl)nc(N(C)C)n1. The third kappa shape index (κ3) is 4.86. The van der Waals surface area contributed by atoms with Gasteiger partial charge in [0.2, 0.25) is 23.1 Å². The normalized spacial score (nSPS) is 10.5. The first-order valence-electron chi connectivity index (χ1n) is 5.89. The molecule has 0 aliphatic heterocycles. The first kappa shape index (κ1) is 15.4. The maximum absolute atomic E-state index is 11.7. The van der Waals surface area contributed by atoms with E-state index in [9.17, 15) is 4.79 Å². The molecule has 0 saturated carbocycles. The predicted octanol–water partition coefficient (Wildman–Crippen LogP) is 0.552. The first-order chi connectivity index (χ1) is 8.79. The van der Waals surface area contributed by atoms with Crippen LogP contribution in [0.1, 0.15) is 13.8 Å². The second kappa shape index (κ2) is 6.51. The molecule has 1 N–H and O–H groups in total. The Morgan fingerprint density at radius 3 is 2.32 bits per heavy atom. The Labute approximate surface area is 118 Å². The molecule has 8 heteroatoms. The molecule has 1 aromatic heterocycles. The van der Waals surface area contributed by atoms with Gasteiger partial charge in [0, 0.05) is 27.2 Å². The summed E-state index contributed by atoms with van der Waals surface area (Å²) in [6.45, 7) is 3.97. The van der Waals surface area contributed by atoms with Crippen LogP contribution in [0.15, 0.2) is 0 Å². The zero-order valence-corrected chi connectivity index (χ0v) is 12.6. The van der Waals surface area contributed by atoms with Crippen molar-refractivity contribution in [3.63, 3.8) is 0 Å². The van der Waals surface area contributed by atoms with Gasteiger partial charge in [0.05, 0.1) is 6.54 Å². The summed E-state index contributed by atoms with van der Waals surface area (Å²) in [7, 11) is 5.34. The maximum atomic E-state index is 11.7. The van der Waals surface area contributed by atoms with Crippen molar-refractivity contribution in [2.75, 3.05) is 37.5 Å². The monoisotopic (exact) mass is 286 g/mol. The van der Waals surface area contributed by atoms with E-state index in [1.165, 1.54) is 0 Å². The Kier molecular flexibility index (Phi) is 5.29. The molecule has 1 rings (SSSR count). The molecule has 0 aliphatic carbocycles. The minimum atomic E-state index is -0.0968. The van der Waals surface area contributed by atoms with E-state index < -0.39 is 0 Å². The van der Waals surface area contributed by atoms with Crippen LogP contribution < -0.4 is 15.1 Å². The van der Waals surface area contributed by atoms with Gasteiger partial charge in [0.15, 0.2) is 0 Å². The standard InChI is InChI=1S/C11H19ClN6O/c1-7(2)13-8(19)6-18(5)11-15-9(12)14-10(16-11)17(3)4/h7H,6H2,1-5H3,(H,13,19). The lowest BCUT2D eigenvalue weighted by atomic mass is 10.4. The number of carbonyl (C=O) groups is 1. The average molecular weight is 287 g/mol. The fourth-order valence-corrected chi connectivity index (χ4v) is 1.51. The first-order valence-corrected chi connectivity index (χ1v) is 6.26. The van der Waals surface area contributed by atoms with Crippen molar-refractivity contribution < 1.29 is 4.79 Å². The van der Waals surface area contributed by atoms with E-state index in [0.29, 0.717) is 11.9 Å². The van der Waals surface area contributed by atoms with Crippen LogP contribution in [0.4, 0.5) is 11.9 Å². The van der Waals surface area contributed by atoms with Crippen molar-refractivity contribution in [2.24, 2.45) is 0 Å². The number of nitrogens with one attached hydrogen (secondary N) is 1. The minimum absolute atomic E-state index is 0.0968. The zero-order chi connectivity index (χ0) is 14.6. The highest BCUT2D eigenvalue weighted by Crippen LogP contribution is 2.13. The molecule has 0 aromatic carbocycles. The number of rotatable bonds is 5. The second-order valence-corrected chi connectivity index (χ2v) is 5.02. The summed E-state index contributed by atoms with van der Waals surface area (Å²) in [5.74, 6) is 0.717. The van der Waals surface area contributed by atoms with Crippen LogP contribution in [0, 0.1) is 0 Å². The highest BCUT2D eigenvalue weighted by Gasteiger charge is 2.13. The number of nitrogens with zero attached hydrogens (tertiary/aromatic N) is 5. The van der Waals surface area contributed by atoms with Crippen LogP contribution in [0.2, 0.25) is 5.28 Å². The highest BCUT2D eigenvalue weighted by atomic mass is 35.5. The lowest BCUT2D eigenvalue weighted by Crippen LogP contribution is -2.39. The molecule has 7 nitrogen and oxygen atoms in total. The van der Waals surface area contributed by atoms with Crippen LogP contribution in [0.5, 0.6) is 0 Å². The summed E-state index contributed by atoms with van der Waals surface area (Å²) in [4.78, 5) is 27.2. The van der Waals surface area contributed by atoms with Gasteiger partial charge in [-0.3, -0.25) is 4.79 Å². The van der Waals surface area contributed by atoms with Gasteiger partial charge in [-0.05, 0) is 25.4 Å². The molecular weight excluding hydrogens is 268 g/mol. The molecule has 19 heavy (non-hydrogen) atoms. The molecule has 0 fully saturated rings. The highest BCUT2D eigenvalue weighted by molar-refractivity contribution is 6.28. The fourth-order valence-electron chi connectivity index (χ4n) is 1.35. The summed E-state index contributed by atoms with van der Waals surface area (Å²) in [6, 6.07) is 0.0974. The minimum Gasteiger partial charge on any atom is -0.352 e. The number of halogens is 1. The van der Waals surface area contributed by atoms with Gasteiger partial charge >= 0.3 is 0 Å². The molecule has 1 aromatic rings. The van der Waals surface area contributed by atoms with E-state index in [0.717, 1.165) is 0 Å². The number of hydrogen-bond donors (Lipinski definition) is 1. The van der Waals surface area contributed by atoms with Crippen LogP contribution in [0.25, 0.3) is 0 Å². The van der Waals surface area contributed by atoms with E-state index in [2.05, 4.69) is 20.3 Å². The third-order valence-electron chi connectivity index (χ3n) is 2.16. The molecule has 0 spiro atoms. The molecule has 1 heterocycles. The number of hydrogen-bond acceptors (Lipinski definition) is 6. The number of amides is 1. The van der Waals surface area contributed by atoms with Crippen molar-refractivity contribution >= 4 is 29.4 Å². The quantitative estimate of drug-likeness (QED) is 0.852. The van der Waals surface area contributed by atoms with Gasteiger partial charge in [-0.15, -0.1) is 0 Å². The number of anilines is 2. The average Bonchev–Trinajstić information content (AvgIpc) is 2.26. The number of aromatic nitrogens is 3. The molecule has 0 radical (unpaired) electrons. The van der Waals surface area contributed by atoms with E-state index in [1.807, 2.05) is 13.8 Å². The molecule has 0 unspecified atom stereocenters. The van der Waals surface area contributed by atoms with Gasteiger partial charge in [-0.25, -0.2) is 0 Å². The topological polar surface area (TPSA) is 74.2 Å². The molecule has 0 atom stereocenters. The lowest BCUT2D eigenvalue weighted by molar-refractivity contribution is -0.120. The molecular formula is C11H19ClN6O. The molecule has 0 bridgehead atoms. The van der Waals surface area contributed by atoms with Gasteiger partial charge in [-0.1, -0.05) is 0 Å². The summed E-state index contributed by atoms with van der Waals surface area (Å²) < 4.78 is 0. The van der Waals surface area contributed by atoms with Gasteiger partial charge in [0.1, 0.15) is 0 Å². The molecule has 0 saturated heterocycles. The molecule has 106 valence electrons. The van der Waals surface area contributed by atoms with Crippen LogP contribution in [-0.4, -0.2) is 54.6 Å². The zero-order valence-electron chi connectivity index (χ0n) is 11.8. The van der Waals surface area contributed by atoms with E-state index in [4.69, 9.17) is 11.6 Å². The summed E-state index contributed by atoms with van der Waals surface area (Å²) in [5.41, 5.74) is 0. The Bertz CT molecular complexity index is 451. The largest absolute Gasteiger partial charge is 0.352 e. The number of carbonyl (C=O) groups excluding carboxylic acids is 1. The Morgan fingerprint density at radius 1 is 1.21 bits per heavy atom. The van der Waals surface area contributed by atoms with Crippen molar-refractivity contribution in [3.8, 4) is 0 Å². The summed E-state index contributed by atoms with van der Waals surface area (Å²) >= 11 is 5.84. The van der Waals surface area contributed by atoms with Crippen LogP contribution in [-0.2, 0) is 4.79 Å². The van der Waals surface area contributed by atoms with Crippen molar-refractivity contribution in [1.82, 2.24) is 20.3 Å². The van der Waals surface area contributed by atoms with E-state index in [1.54, 1.807) is 30.9 Å². The van der Waals surface area contributed by atoms with Gasteiger partial charge in [-0.2, -0.15) is 15.0 Å². The Morgan fingerprint density at radius 2 is 1.79 bits per heavy atom. The predicted molar refractivity (Wildman–Crippen MR) is 75.7 cm³/mol. The number of likely N-dealkylation sites (N-methyl/N-ethyl adjacent to an activating group) is 1.